The standard InChI is InChI=1S/C19H17NO2/c1-14(19(21)22-2)18(16-9-4-3-5-10-16)20-13-12-15-8-6-7-11-17(15)20/h3-13,18H,1H2,2H3/t18-/m1/s1. The molecule has 0 aliphatic rings. The molecular weight excluding hydrogens is 274 g/mol. The molecule has 22 heavy (non-hydrogen) atoms. The van der Waals surface area contributed by atoms with Gasteiger partial charge in [0, 0.05) is 11.7 Å². The van der Waals surface area contributed by atoms with Crippen LogP contribution in [0.2, 0.25) is 0 Å². The highest BCUT2D eigenvalue weighted by Gasteiger charge is 2.24. The van der Waals surface area contributed by atoms with Gasteiger partial charge in [-0.3, -0.25) is 0 Å². The van der Waals surface area contributed by atoms with Gasteiger partial charge in [0.2, 0.25) is 0 Å². The number of carbonyl (C=O) groups is 1. The number of aromatic nitrogens is 1. The highest BCUT2D eigenvalue weighted by Crippen LogP contribution is 2.30. The summed E-state index contributed by atoms with van der Waals surface area (Å²) in [5.41, 5.74) is 2.47. The lowest BCUT2D eigenvalue weighted by Crippen LogP contribution is -2.18. The molecule has 0 spiro atoms. The number of fused-ring (bicyclic) bond motifs is 1. The molecule has 1 aromatic heterocycles. The molecule has 0 aliphatic heterocycles. The highest BCUT2D eigenvalue weighted by molar-refractivity contribution is 5.90. The Bertz CT molecular complexity index is 818. The van der Waals surface area contributed by atoms with E-state index in [1.807, 2.05) is 60.8 Å². The first-order valence-corrected chi connectivity index (χ1v) is 7.10. The van der Waals surface area contributed by atoms with Crippen molar-refractivity contribution < 1.29 is 9.53 Å². The molecule has 0 aliphatic carbocycles. The second-order valence-corrected chi connectivity index (χ2v) is 5.11. The summed E-state index contributed by atoms with van der Waals surface area (Å²) >= 11 is 0. The van der Waals surface area contributed by atoms with E-state index in [1.54, 1.807) is 0 Å². The van der Waals surface area contributed by atoms with Gasteiger partial charge in [0.25, 0.3) is 0 Å². The lowest BCUT2D eigenvalue weighted by atomic mass is 9.99. The predicted octanol–water partition coefficient (Wildman–Crippen LogP) is 3.96. The summed E-state index contributed by atoms with van der Waals surface area (Å²) in [6, 6.07) is 19.7. The molecule has 3 rings (SSSR count). The average Bonchev–Trinajstić information content (AvgIpc) is 2.99. The summed E-state index contributed by atoms with van der Waals surface area (Å²) in [5, 5.41) is 1.13. The van der Waals surface area contributed by atoms with Crippen molar-refractivity contribution in [2.24, 2.45) is 0 Å². The molecule has 1 atom stereocenters. The quantitative estimate of drug-likeness (QED) is 0.538. The summed E-state index contributed by atoms with van der Waals surface area (Å²) in [6.45, 7) is 3.97. The fraction of sp³-hybridized carbons (Fsp3) is 0.105. The summed E-state index contributed by atoms with van der Waals surface area (Å²) in [5.74, 6) is -0.397. The van der Waals surface area contributed by atoms with Crippen LogP contribution in [0.25, 0.3) is 10.9 Å². The highest BCUT2D eigenvalue weighted by atomic mass is 16.5. The van der Waals surface area contributed by atoms with E-state index in [0.29, 0.717) is 5.57 Å². The topological polar surface area (TPSA) is 31.2 Å². The zero-order valence-corrected chi connectivity index (χ0v) is 12.4. The van der Waals surface area contributed by atoms with Crippen LogP contribution < -0.4 is 0 Å². The second-order valence-electron chi connectivity index (χ2n) is 5.11. The van der Waals surface area contributed by atoms with Gasteiger partial charge in [-0.2, -0.15) is 0 Å². The normalized spacial score (nSPS) is 12.0. The third-order valence-electron chi connectivity index (χ3n) is 3.80. The lowest BCUT2D eigenvalue weighted by molar-refractivity contribution is -0.136. The maximum atomic E-state index is 12.0. The van der Waals surface area contributed by atoms with Gasteiger partial charge >= 0.3 is 5.97 Å². The Morgan fingerprint density at radius 3 is 2.45 bits per heavy atom. The molecule has 3 aromatic rings. The lowest BCUT2D eigenvalue weighted by Gasteiger charge is -2.21. The Morgan fingerprint density at radius 2 is 1.73 bits per heavy atom. The minimum atomic E-state index is -0.397. The summed E-state index contributed by atoms with van der Waals surface area (Å²) < 4.78 is 6.93. The minimum Gasteiger partial charge on any atom is -0.466 e. The number of nitrogens with zero attached hydrogens (tertiary/aromatic N) is 1. The van der Waals surface area contributed by atoms with Crippen LogP contribution in [0.1, 0.15) is 11.6 Å². The molecule has 0 amide bonds. The van der Waals surface area contributed by atoms with Gasteiger partial charge in [0.1, 0.15) is 0 Å². The van der Waals surface area contributed by atoms with E-state index in [4.69, 9.17) is 4.74 Å². The number of hydrogen-bond donors (Lipinski definition) is 0. The van der Waals surface area contributed by atoms with Gasteiger partial charge in [-0.15, -0.1) is 0 Å². The van der Waals surface area contributed by atoms with E-state index >= 15 is 0 Å². The van der Waals surface area contributed by atoms with Crippen molar-refractivity contribution in [3.8, 4) is 0 Å². The number of benzene rings is 2. The molecule has 0 bridgehead atoms. The van der Waals surface area contributed by atoms with Crippen molar-refractivity contribution in [1.82, 2.24) is 4.57 Å². The van der Waals surface area contributed by atoms with Gasteiger partial charge in [0.05, 0.1) is 18.7 Å². The number of ether oxygens (including phenoxy) is 1. The van der Waals surface area contributed by atoms with Crippen molar-refractivity contribution in [2.45, 2.75) is 6.04 Å². The largest absolute Gasteiger partial charge is 0.466 e. The zero-order chi connectivity index (χ0) is 15.5. The van der Waals surface area contributed by atoms with Gasteiger partial charge in [-0.25, -0.2) is 4.79 Å². The molecule has 0 unspecified atom stereocenters. The number of para-hydroxylation sites is 1. The predicted molar refractivity (Wildman–Crippen MR) is 87.7 cm³/mol. The van der Waals surface area contributed by atoms with E-state index in [-0.39, 0.29) is 6.04 Å². The first-order chi connectivity index (χ1) is 10.7. The van der Waals surface area contributed by atoms with Gasteiger partial charge in [0.15, 0.2) is 0 Å². The van der Waals surface area contributed by atoms with Gasteiger partial charge < -0.3 is 9.30 Å². The zero-order valence-electron chi connectivity index (χ0n) is 12.4. The smallest absolute Gasteiger partial charge is 0.335 e. The van der Waals surface area contributed by atoms with E-state index in [9.17, 15) is 4.79 Å². The van der Waals surface area contributed by atoms with E-state index in [0.717, 1.165) is 16.5 Å². The van der Waals surface area contributed by atoms with Crippen LogP contribution in [0.4, 0.5) is 0 Å². The number of methoxy groups -OCH3 is 1. The Balaban J connectivity index is 2.17. The molecule has 3 heteroatoms. The first kappa shape index (κ1) is 14.1. The van der Waals surface area contributed by atoms with Crippen LogP contribution in [0.3, 0.4) is 0 Å². The molecule has 0 N–H and O–H groups in total. The van der Waals surface area contributed by atoms with Crippen LogP contribution in [0.5, 0.6) is 0 Å². The Hall–Kier alpha value is -2.81. The van der Waals surface area contributed by atoms with Crippen molar-refractivity contribution in [1.29, 1.82) is 0 Å². The van der Waals surface area contributed by atoms with E-state index in [2.05, 4.69) is 17.2 Å². The number of rotatable bonds is 4. The summed E-state index contributed by atoms with van der Waals surface area (Å²) in [7, 11) is 1.38. The molecule has 2 aromatic carbocycles. The van der Waals surface area contributed by atoms with Crippen LogP contribution in [-0.2, 0) is 9.53 Å². The maximum absolute atomic E-state index is 12.0. The Morgan fingerprint density at radius 1 is 1.05 bits per heavy atom. The Labute approximate surface area is 129 Å². The monoisotopic (exact) mass is 291 g/mol. The van der Waals surface area contributed by atoms with Crippen LogP contribution in [-0.4, -0.2) is 17.6 Å². The van der Waals surface area contributed by atoms with Crippen molar-refractivity contribution in [3.63, 3.8) is 0 Å². The van der Waals surface area contributed by atoms with Crippen LogP contribution in [0, 0.1) is 0 Å². The fourth-order valence-corrected chi connectivity index (χ4v) is 2.74. The summed E-state index contributed by atoms with van der Waals surface area (Å²) in [6.07, 6.45) is 1.98. The van der Waals surface area contributed by atoms with E-state index < -0.39 is 5.97 Å². The van der Waals surface area contributed by atoms with Crippen LogP contribution in [0.15, 0.2) is 79.0 Å². The van der Waals surface area contributed by atoms with Crippen molar-refractivity contribution in [2.75, 3.05) is 7.11 Å². The maximum Gasteiger partial charge on any atom is 0.335 e. The van der Waals surface area contributed by atoms with Crippen LogP contribution >= 0.6 is 0 Å². The molecule has 1 heterocycles. The average molecular weight is 291 g/mol. The third-order valence-corrected chi connectivity index (χ3v) is 3.80. The minimum absolute atomic E-state index is 0.284. The Kier molecular flexibility index (Phi) is 3.79. The molecular formula is C19H17NO2. The molecule has 0 fully saturated rings. The number of esters is 1. The fourth-order valence-electron chi connectivity index (χ4n) is 2.74. The van der Waals surface area contributed by atoms with E-state index in [1.165, 1.54) is 7.11 Å². The SMILES string of the molecule is C=C(C(=O)OC)[C@H](c1ccccc1)n1ccc2ccccc21. The number of carbonyl (C=O) groups excluding carboxylic acids is 1. The number of hydrogen-bond acceptors (Lipinski definition) is 2. The molecule has 0 saturated carbocycles. The first-order valence-electron chi connectivity index (χ1n) is 7.10. The van der Waals surface area contributed by atoms with Crippen molar-refractivity contribution >= 4 is 16.9 Å². The van der Waals surface area contributed by atoms with Gasteiger partial charge in [-0.1, -0.05) is 55.1 Å². The molecule has 0 radical (unpaired) electrons. The molecule has 110 valence electrons. The second kappa shape index (κ2) is 5.90. The molecule has 3 nitrogen and oxygen atoms in total. The third kappa shape index (κ3) is 2.42. The molecule has 0 saturated heterocycles. The summed E-state index contributed by atoms with van der Waals surface area (Å²) in [4.78, 5) is 12.0. The van der Waals surface area contributed by atoms with Gasteiger partial charge in [-0.05, 0) is 23.1 Å². The van der Waals surface area contributed by atoms with Crippen molar-refractivity contribution in [3.05, 3.63) is 84.6 Å².